The first-order chi connectivity index (χ1) is 21.1. The number of piperidine rings is 3. The minimum absolute atomic E-state index is 0.0161. The first-order valence-corrected chi connectivity index (χ1v) is 16.6. The topological polar surface area (TPSA) is 159 Å². The van der Waals surface area contributed by atoms with E-state index < -0.39 is 22.7 Å². The largest absolute Gasteiger partial charge is 0.432 e. The van der Waals surface area contributed by atoms with Crippen molar-refractivity contribution in [2.75, 3.05) is 49.1 Å². The molecular formula is C28H38F2N8O5S. The zero-order chi connectivity index (χ0) is 31.1. The molecule has 1 atom stereocenters. The maximum atomic E-state index is 13.0. The fraction of sp³-hybridized carbons (Fsp3) is 0.607. The Morgan fingerprint density at radius 2 is 1.68 bits per heavy atom. The van der Waals surface area contributed by atoms with Gasteiger partial charge in [-0.05, 0) is 75.7 Å². The smallest absolute Gasteiger partial charge is 0.387 e. The van der Waals surface area contributed by atoms with Crippen molar-refractivity contribution in [2.24, 2.45) is 0 Å². The average molecular weight is 637 g/mol. The monoisotopic (exact) mass is 636 g/mol. The molecule has 0 saturated carbocycles. The van der Waals surface area contributed by atoms with Crippen molar-refractivity contribution in [3.05, 3.63) is 36.3 Å². The van der Waals surface area contributed by atoms with Crippen LogP contribution in [0.2, 0.25) is 0 Å². The number of imide groups is 1. The van der Waals surface area contributed by atoms with Gasteiger partial charge >= 0.3 is 6.61 Å². The number of hydrogen-bond acceptors (Lipinski definition) is 11. The van der Waals surface area contributed by atoms with Crippen molar-refractivity contribution in [3.8, 4) is 5.75 Å². The van der Waals surface area contributed by atoms with Crippen LogP contribution in [0.4, 0.5) is 20.5 Å². The number of anilines is 2. The summed E-state index contributed by atoms with van der Waals surface area (Å²) in [5.41, 5.74) is 1.14. The van der Waals surface area contributed by atoms with Gasteiger partial charge in [-0.2, -0.15) is 8.78 Å². The SMILES string of the molecule is O=C1CCC(Nc2ccc(C3CCN(CCCS(=O)(=O)N4CCC(Nc5ncc(OC(F)F)cn5)CC4)CC3)cn2)C(=O)N1. The van der Waals surface area contributed by atoms with E-state index in [1.54, 1.807) is 4.31 Å². The standard InChI is InChI=1S/C28H38F2N8O5S/c29-27(30)43-22-17-32-28(33-18-22)34-21-8-13-38(14-9-21)44(41,42)15-1-10-37-11-6-19(7-12-37)20-2-4-24(31-16-20)35-23-3-5-25(39)36-26(23)40/h2,4,16-19,21,23,27H,1,3,5-15H2,(H,31,35)(H,32,33,34)(H,36,39,40). The lowest BCUT2D eigenvalue weighted by atomic mass is 9.90. The molecule has 240 valence electrons. The second kappa shape index (κ2) is 14.5. The number of nitrogens with one attached hydrogen (secondary N) is 3. The van der Waals surface area contributed by atoms with Crippen molar-refractivity contribution in [2.45, 2.75) is 69.6 Å². The number of carbonyl (C=O) groups excluding carboxylic acids is 2. The summed E-state index contributed by atoms with van der Waals surface area (Å²) in [5.74, 6) is 0.661. The number of rotatable bonds is 12. The van der Waals surface area contributed by atoms with Gasteiger partial charge in [-0.25, -0.2) is 27.7 Å². The van der Waals surface area contributed by atoms with Gasteiger partial charge < -0.3 is 20.3 Å². The molecule has 2 aromatic rings. The first-order valence-electron chi connectivity index (χ1n) is 14.9. The molecule has 2 aromatic heterocycles. The van der Waals surface area contributed by atoms with Gasteiger partial charge in [0.2, 0.25) is 27.8 Å². The normalized spacial score (nSPS) is 21.3. The van der Waals surface area contributed by atoms with Crippen LogP contribution in [0.5, 0.6) is 5.75 Å². The van der Waals surface area contributed by atoms with Crippen LogP contribution in [0.3, 0.4) is 0 Å². The molecule has 3 aliphatic heterocycles. The minimum Gasteiger partial charge on any atom is -0.432 e. The number of likely N-dealkylation sites (tertiary alicyclic amines) is 1. The molecule has 3 fully saturated rings. The number of halogens is 2. The Hall–Kier alpha value is -3.50. The number of aromatic nitrogens is 3. The van der Waals surface area contributed by atoms with E-state index in [0.29, 0.717) is 56.9 Å². The van der Waals surface area contributed by atoms with E-state index in [9.17, 15) is 26.8 Å². The van der Waals surface area contributed by atoms with E-state index in [4.69, 9.17) is 0 Å². The van der Waals surface area contributed by atoms with E-state index in [-0.39, 0.29) is 35.3 Å². The highest BCUT2D eigenvalue weighted by molar-refractivity contribution is 7.89. The molecule has 3 saturated heterocycles. The molecule has 16 heteroatoms. The van der Waals surface area contributed by atoms with Crippen molar-refractivity contribution in [1.29, 1.82) is 0 Å². The quantitative estimate of drug-likeness (QED) is 0.293. The van der Waals surface area contributed by atoms with E-state index in [2.05, 4.69) is 40.5 Å². The Kier molecular flexibility index (Phi) is 10.5. The summed E-state index contributed by atoms with van der Waals surface area (Å²) in [6.07, 6.45) is 8.60. The average Bonchev–Trinajstić information content (AvgIpc) is 3.00. The number of ether oxygens (including phenoxy) is 1. The molecule has 0 radical (unpaired) electrons. The van der Waals surface area contributed by atoms with Gasteiger partial charge in [-0.3, -0.25) is 14.9 Å². The highest BCUT2D eigenvalue weighted by Crippen LogP contribution is 2.28. The number of nitrogens with zero attached hydrogens (tertiary/aromatic N) is 5. The lowest BCUT2D eigenvalue weighted by Crippen LogP contribution is -2.47. The van der Waals surface area contributed by atoms with Crippen LogP contribution in [0.1, 0.15) is 56.4 Å². The predicted molar refractivity (Wildman–Crippen MR) is 158 cm³/mol. The molecule has 3 aliphatic rings. The van der Waals surface area contributed by atoms with Gasteiger partial charge in [0.25, 0.3) is 0 Å². The van der Waals surface area contributed by atoms with Crippen LogP contribution in [0.25, 0.3) is 0 Å². The maximum absolute atomic E-state index is 13.0. The fourth-order valence-corrected chi connectivity index (χ4v) is 7.37. The molecule has 5 heterocycles. The number of sulfonamides is 1. The highest BCUT2D eigenvalue weighted by Gasteiger charge is 2.29. The molecule has 1 unspecified atom stereocenters. The summed E-state index contributed by atoms with van der Waals surface area (Å²) < 4.78 is 56.3. The summed E-state index contributed by atoms with van der Waals surface area (Å²) in [4.78, 5) is 38.1. The number of hydrogen-bond donors (Lipinski definition) is 3. The van der Waals surface area contributed by atoms with Crippen LogP contribution in [-0.4, -0.2) is 102 Å². The van der Waals surface area contributed by atoms with Gasteiger partial charge in [-0.1, -0.05) is 6.07 Å². The van der Waals surface area contributed by atoms with Crippen LogP contribution < -0.4 is 20.7 Å². The third kappa shape index (κ3) is 8.79. The summed E-state index contributed by atoms with van der Waals surface area (Å²) in [6.45, 7) is 0.342. The summed E-state index contributed by atoms with van der Waals surface area (Å²) >= 11 is 0. The summed E-state index contributed by atoms with van der Waals surface area (Å²) in [7, 11) is -3.37. The molecule has 0 aliphatic carbocycles. The Morgan fingerprint density at radius 1 is 0.955 bits per heavy atom. The fourth-order valence-electron chi connectivity index (χ4n) is 5.85. The van der Waals surface area contributed by atoms with Crippen molar-refractivity contribution >= 4 is 33.6 Å². The lowest BCUT2D eigenvalue weighted by molar-refractivity contribution is -0.133. The van der Waals surface area contributed by atoms with Crippen LogP contribution in [0.15, 0.2) is 30.7 Å². The number of pyridine rings is 1. The van der Waals surface area contributed by atoms with Crippen LogP contribution >= 0.6 is 0 Å². The third-order valence-electron chi connectivity index (χ3n) is 8.32. The molecule has 3 N–H and O–H groups in total. The van der Waals surface area contributed by atoms with Gasteiger partial charge in [-0.15, -0.1) is 0 Å². The van der Waals surface area contributed by atoms with E-state index >= 15 is 0 Å². The zero-order valence-corrected chi connectivity index (χ0v) is 25.1. The summed E-state index contributed by atoms with van der Waals surface area (Å²) in [6, 6.07) is 3.42. The number of amides is 2. The second-order valence-corrected chi connectivity index (χ2v) is 13.4. The molecule has 0 bridgehead atoms. The Labute approximate surface area is 255 Å². The highest BCUT2D eigenvalue weighted by atomic mass is 32.2. The minimum atomic E-state index is -3.37. The lowest BCUT2D eigenvalue weighted by Gasteiger charge is -2.33. The van der Waals surface area contributed by atoms with E-state index in [0.717, 1.165) is 38.0 Å². The van der Waals surface area contributed by atoms with Crippen LogP contribution in [0, 0.1) is 0 Å². The molecule has 44 heavy (non-hydrogen) atoms. The van der Waals surface area contributed by atoms with Gasteiger partial charge in [0.1, 0.15) is 11.9 Å². The van der Waals surface area contributed by atoms with E-state index in [1.165, 1.54) is 12.4 Å². The number of carbonyl (C=O) groups is 2. The molecule has 0 spiro atoms. The second-order valence-electron chi connectivity index (χ2n) is 11.3. The molecule has 2 amide bonds. The third-order valence-corrected chi connectivity index (χ3v) is 10.3. The Bertz CT molecular complexity index is 1370. The maximum Gasteiger partial charge on any atom is 0.387 e. The zero-order valence-electron chi connectivity index (χ0n) is 24.3. The van der Waals surface area contributed by atoms with Crippen molar-refractivity contribution in [1.82, 2.24) is 29.5 Å². The molecule has 5 rings (SSSR count). The van der Waals surface area contributed by atoms with Gasteiger partial charge in [0, 0.05) is 31.7 Å². The molecule has 0 aromatic carbocycles. The van der Waals surface area contributed by atoms with Crippen LogP contribution in [-0.2, 0) is 19.6 Å². The first kappa shape index (κ1) is 31.9. The predicted octanol–water partition coefficient (Wildman–Crippen LogP) is 2.17. The Morgan fingerprint density at radius 3 is 2.32 bits per heavy atom. The number of alkyl halides is 2. The molecular weight excluding hydrogens is 598 g/mol. The van der Waals surface area contributed by atoms with Gasteiger partial charge in [0.15, 0.2) is 5.75 Å². The van der Waals surface area contributed by atoms with Crippen molar-refractivity contribution in [3.63, 3.8) is 0 Å². The van der Waals surface area contributed by atoms with Crippen molar-refractivity contribution < 1.29 is 31.5 Å². The van der Waals surface area contributed by atoms with Gasteiger partial charge in [0.05, 0.1) is 18.1 Å². The molecule has 13 nitrogen and oxygen atoms in total. The Balaban J connectivity index is 0.982. The van der Waals surface area contributed by atoms with E-state index in [1.807, 2.05) is 18.3 Å². The summed E-state index contributed by atoms with van der Waals surface area (Å²) in [5, 5.41) is 8.57.